The molecule has 5 nitrogen and oxygen atoms in total. The molecule has 3 N–H and O–H groups in total. The van der Waals surface area contributed by atoms with E-state index in [1.807, 2.05) is 41.3 Å². The van der Waals surface area contributed by atoms with Gasteiger partial charge in [-0.2, -0.15) is 0 Å². The SMILES string of the molecule is NC(=O)CSc1ccccc1C(=O)N1CCc2[nH]c3ccc(Cl)cc3c2C1. The van der Waals surface area contributed by atoms with Gasteiger partial charge in [-0.05, 0) is 30.3 Å². The Hall–Kier alpha value is -2.44. The van der Waals surface area contributed by atoms with Crippen LogP contribution in [0.25, 0.3) is 10.9 Å². The third-order valence-electron chi connectivity index (χ3n) is 4.71. The fourth-order valence-electron chi connectivity index (χ4n) is 3.45. The number of nitrogens with one attached hydrogen (secondary N) is 1. The number of H-pyrrole nitrogens is 1. The largest absolute Gasteiger partial charge is 0.369 e. The lowest BCUT2D eigenvalue weighted by Crippen LogP contribution is -2.36. The molecule has 0 radical (unpaired) electrons. The molecule has 0 aliphatic carbocycles. The lowest BCUT2D eigenvalue weighted by molar-refractivity contribution is -0.115. The van der Waals surface area contributed by atoms with Crippen molar-refractivity contribution >= 4 is 46.1 Å². The molecule has 3 aromatic rings. The summed E-state index contributed by atoms with van der Waals surface area (Å²) in [5, 5.41) is 1.74. The van der Waals surface area contributed by atoms with E-state index in [0.717, 1.165) is 33.5 Å². The maximum atomic E-state index is 13.2. The van der Waals surface area contributed by atoms with Crippen molar-refractivity contribution in [1.82, 2.24) is 9.88 Å². The zero-order chi connectivity index (χ0) is 19.0. The van der Waals surface area contributed by atoms with Crippen LogP contribution < -0.4 is 5.73 Å². The van der Waals surface area contributed by atoms with Crippen molar-refractivity contribution in [3.8, 4) is 0 Å². The number of hydrogen-bond acceptors (Lipinski definition) is 3. The summed E-state index contributed by atoms with van der Waals surface area (Å²) in [5.74, 6) is -0.291. The van der Waals surface area contributed by atoms with Gasteiger partial charge < -0.3 is 15.6 Å². The summed E-state index contributed by atoms with van der Waals surface area (Å²) in [4.78, 5) is 30.3. The first-order valence-electron chi connectivity index (χ1n) is 8.61. The average molecular weight is 400 g/mol. The smallest absolute Gasteiger partial charge is 0.255 e. The number of rotatable bonds is 4. The lowest BCUT2D eigenvalue weighted by Gasteiger charge is -2.28. The van der Waals surface area contributed by atoms with Gasteiger partial charge in [0.2, 0.25) is 5.91 Å². The van der Waals surface area contributed by atoms with Crippen molar-refractivity contribution in [2.24, 2.45) is 5.73 Å². The second kappa shape index (κ2) is 7.29. The summed E-state index contributed by atoms with van der Waals surface area (Å²) in [6.45, 7) is 1.17. The molecule has 1 aromatic heterocycles. The van der Waals surface area contributed by atoms with Crippen LogP contribution in [0.3, 0.4) is 0 Å². The first-order chi connectivity index (χ1) is 13.0. The highest BCUT2D eigenvalue weighted by molar-refractivity contribution is 8.00. The third-order valence-corrected chi connectivity index (χ3v) is 6.04. The van der Waals surface area contributed by atoms with Crippen LogP contribution in [0.4, 0.5) is 0 Å². The Bertz CT molecular complexity index is 1050. The van der Waals surface area contributed by atoms with Gasteiger partial charge in [0, 0.05) is 51.6 Å². The second-order valence-electron chi connectivity index (χ2n) is 6.50. The van der Waals surface area contributed by atoms with E-state index in [4.69, 9.17) is 17.3 Å². The van der Waals surface area contributed by atoms with Gasteiger partial charge in [0.05, 0.1) is 11.3 Å². The Balaban J connectivity index is 1.62. The number of halogens is 1. The molecule has 2 amide bonds. The van der Waals surface area contributed by atoms with Crippen LogP contribution in [-0.2, 0) is 17.8 Å². The third kappa shape index (κ3) is 3.55. The van der Waals surface area contributed by atoms with Crippen molar-refractivity contribution in [3.63, 3.8) is 0 Å². The van der Waals surface area contributed by atoms with Crippen LogP contribution >= 0.6 is 23.4 Å². The van der Waals surface area contributed by atoms with Gasteiger partial charge in [-0.15, -0.1) is 11.8 Å². The fourth-order valence-corrected chi connectivity index (χ4v) is 4.40. The van der Waals surface area contributed by atoms with Crippen LogP contribution in [-0.4, -0.2) is 34.0 Å². The van der Waals surface area contributed by atoms with Crippen molar-refractivity contribution in [2.45, 2.75) is 17.9 Å². The van der Waals surface area contributed by atoms with Crippen molar-refractivity contribution in [2.75, 3.05) is 12.3 Å². The minimum absolute atomic E-state index is 0.0374. The van der Waals surface area contributed by atoms with E-state index in [0.29, 0.717) is 23.7 Å². The molecule has 4 rings (SSSR count). The maximum Gasteiger partial charge on any atom is 0.255 e. The molecular weight excluding hydrogens is 382 g/mol. The standard InChI is InChI=1S/C20H18ClN3O2S/c21-12-5-6-16-14(9-12)15-10-24(8-7-17(15)23-16)20(26)13-3-1-2-4-18(13)27-11-19(22)25/h1-6,9,23H,7-8,10-11H2,(H2,22,25). The number of nitrogens with two attached hydrogens (primary N) is 1. The quantitative estimate of drug-likeness (QED) is 0.658. The zero-order valence-electron chi connectivity index (χ0n) is 14.5. The van der Waals surface area contributed by atoms with E-state index in [1.54, 1.807) is 6.07 Å². The molecule has 7 heteroatoms. The van der Waals surface area contributed by atoms with Crippen LogP contribution in [0, 0.1) is 0 Å². The summed E-state index contributed by atoms with van der Waals surface area (Å²) >= 11 is 7.45. The molecule has 1 aliphatic rings. The number of aromatic amines is 1. The van der Waals surface area contributed by atoms with Crippen LogP contribution in [0.5, 0.6) is 0 Å². The number of nitrogens with zero attached hydrogens (tertiary/aromatic N) is 1. The number of hydrogen-bond donors (Lipinski definition) is 2. The zero-order valence-corrected chi connectivity index (χ0v) is 16.1. The van der Waals surface area contributed by atoms with E-state index in [-0.39, 0.29) is 11.7 Å². The van der Waals surface area contributed by atoms with Crippen molar-refractivity contribution in [3.05, 3.63) is 64.3 Å². The van der Waals surface area contributed by atoms with E-state index >= 15 is 0 Å². The highest BCUT2D eigenvalue weighted by Gasteiger charge is 2.26. The van der Waals surface area contributed by atoms with Gasteiger partial charge in [0.25, 0.3) is 5.91 Å². The Morgan fingerprint density at radius 1 is 1.22 bits per heavy atom. The van der Waals surface area contributed by atoms with Gasteiger partial charge >= 0.3 is 0 Å². The van der Waals surface area contributed by atoms with Gasteiger partial charge in [0.1, 0.15) is 0 Å². The number of fused-ring (bicyclic) bond motifs is 3. The maximum absolute atomic E-state index is 13.2. The first-order valence-corrected chi connectivity index (χ1v) is 9.97. The summed E-state index contributed by atoms with van der Waals surface area (Å²) < 4.78 is 0. The predicted molar refractivity (Wildman–Crippen MR) is 108 cm³/mol. The summed E-state index contributed by atoms with van der Waals surface area (Å²) in [7, 11) is 0. The van der Waals surface area contributed by atoms with Crippen molar-refractivity contribution in [1.29, 1.82) is 0 Å². The van der Waals surface area contributed by atoms with Crippen LogP contribution in [0.2, 0.25) is 5.02 Å². The molecule has 2 aromatic carbocycles. The van der Waals surface area contributed by atoms with E-state index < -0.39 is 5.91 Å². The monoisotopic (exact) mass is 399 g/mol. The molecule has 0 bridgehead atoms. The molecule has 0 saturated carbocycles. The number of amides is 2. The van der Waals surface area contributed by atoms with E-state index in [2.05, 4.69) is 4.98 Å². The summed E-state index contributed by atoms with van der Waals surface area (Å²) in [6.07, 6.45) is 0.768. The molecule has 27 heavy (non-hydrogen) atoms. The molecule has 0 spiro atoms. The van der Waals surface area contributed by atoms with Gasteiger partial charge in [-0.3, -0.25) is 9.59 Å². The van der Waals surface area contributed by atoms with Gasteiger partial charge in [-0.1, -0.05) is 23.7 Å². The molecule has 2 heterocycles. The molecule has 0 saturated heterocycles. The normalized spacial score (nSPS) is 13.6. The minimum atomic E-state index is -0.402. The van der Waals surface area contributed by atoms with E-state index in [9.17, 15) is 9.59 Å². The number of carbonyl (C=O) groups is 2. The molecule has 0 fully saturated rings. The lowest BCUT2D eigenvalue weighted by atomic mass is 10.0. The number of carbonyl (C=O) groups excluding carboxylic acids is 2. The molecule has 0 unspecified atom stereocenters. The second-order valence-corrected chi connectivity index (χ2v) is 7.95. The summed E-state index contributed by atoms with van der Waals surface area (Å²) in [5.41, 5.74) is 9.17. The van der Waals surface area contributed by atoms with E-state index in [1.165, 1.54) is 11.8 Å². The fraction of sp³-hybridized carbons (Fsp3) is 0.200. The predicted octanol–water partition coefficient (Wildman–Crippen LogP) is 3.60. The number of benzene rings is 2. The number of thioether (sulfide) groups is 1. The average Bonchev–Trinajstić information content (AvgIpc) is 3.03. The highest BCUT2D eigenvalue weighted by Crippen LogP contribution is 2.31. The number of aromatic nitrogens is 1. The first kappa shape index (κ1) is 17.9. The highest BCUT2D eigenvalue weighted by atomic mass is 35.5. The Labute approximate surface area is 165 Å². The molecule has 138 valence electrons. The topological polar surface area (TPSA) is 79.2 Å². The van der Waals surface area contributed by atoms with Gasteiger partial charge in [0.15, 0.2) is 0 Å². The van der Waals surface area contributed by atoms with Crippen LogP contribution in [0.1, 0.15) is 21.6 Å². The summed E-state index contributed by atoms with van der Waals surface area (Å²) in [6, 6.07) is 13.1. The van der Waals surface area contributed by atoms with Crippen LogP contribution in [0.15, 0.2) is 47.4 Å². The Kier molecular flexibility index (Phi) is 4.85. The Morgan fingerprint density at radius 2 is 2.04 bits per heavy atom. The van der Waals surface area contributed by atoms with Gasteiger partial charge in [-0.25, -0.2) is 0 Å². The number of primary amides is 1. The molecular formula is C20H18ClN3O2S. The molecule has 0 atom stereocenters. The van der Waals surface area contributed by atoms with Crippen molar-refractivity contribution < 1.29 is 9.59 Å². The minimum Gasteiger partial charge on any atom is -0.369 e. The molecule has 1 aliphatic heterocycles. The Morgan fingerprint density at radius 3 is 2.85 bits per heavy atom.